The Labute approximate surface area is 131 Å². The monoisotopic (exact) mass is 300 g/mol. The van der Waals surface area contributed by atoms with E-state index in [2.05, 4.69) is 33.7 Å². The highest BCUT2D eigenvalue weighted by Gasteiger charge is 2.22. The zero-order chi connectivity index (χ0) is 15.5. The summed E-state index contributed by atoms with van der Waals surface area (Å²) in [4.78, 5) is 21.2. The Morgan fingerprint density at radius 3 is 2.91 bits per heavy atom. The largest absolute Gasteiger partial charge is 0.355 e. The van der Waals surface area contributed by atoms with Gasteiger partial charge in [0.15, 0.2) is 5.65 Å². The predicted octanol–water partition coefficient (Wildman–Crippen LogP) is 2.86. The molecule has 1 aliphatic rings. The highest BCUT2D eigenvalue weighted by Crippen LogP contribution is 2.24. The first-order valence-electron chi connectivity index (χ1n) is 8.26. The van der Waals surface area contributed by atoms with Crippen LogP contribution in [0.25, 0.3) is 11.2 Å². The maximum Gasteiger partial charge on any atom is 0.223 e. The van der Waals surface area contributed by atoms with Crippen LogP contribution in [0.2, 0.25) is 0 Å². The summed E-state index contributed by atoms with van der Waals surface area (Å²) in [6, 6.07) is 4.20. The number of hydrogen-bond acceptors (Lipinski definition) is 3. The number of rotatable bonds is 5. The van der Waals surface area contributed by atoms with Crippen LogP contribution in [-0.2, 0) is 11.2 Å². The minimum absolute atomic E-state index is 0.211. The molecule has 0 atom stereocenters. The predicted molar refractivity (Wildman–Crippen MR) is 86.6 cm³/mol. The number of amides is 1. The van der Waals surface area contributed by atoms with Crippen molar-refractivity contribution in [2.24, 2.45) is 5.92 Å². The van der Waals surface area contributed by atoms with Gasteiger partial charge in [-0.3, -0.25) is 4.79 Å². The summed E-state index contributed by atoms with van der Waals surface area (Å²) >= 11 is 0. The fourth-order valence-corrected chi connectivity index (χ4v) is 3.33. The van der Waals surface area contributed by atoms with Gasteiger partial charge in [0.05, 0.1) is 0 Å². The van der Waals surface area contributed by atoms with E-state index in [1.54, 1.807) is 6.20 Å². The Balaban J connectivity index is 1.68. The molecule has 0 aromatic carbocycles. The molecule has 1 fully saturated rings. The van der Waals surface area contributed by atoms with E-state index < -0.39 is 0 Å². The fraction of sp³-hybridized carbons (Fsp3) is 0.588. The molecule has 0 unspecified atom stereocenters. The van der Waals surface area contributed by atoms with Crippen LogP contribution < -0.4 is 5.32 Å². The first-order chi connectivity index (χ1) is 10.7. The van der Waals surface area contributed by atoms with E-state index >= 15 is 0 Å². The quantitative estimate of drug-likeness (QED) is 0.923. The Hall–Kier alpha value is -1.91. The van der Waals surface area contributed by atoms with Gasteiger partial charge >= 0.3 is 0 Å². The van der Waals surface area contributed by atoms with Gasteiger partial charge in [-0.15, -0.1) is 0 Å². The van der Waals surface area contributed by atoms with Crippen LogP contribution in [-0.4, -0.2) is 27.0 Å². The molecule has 0 aliphatic heterocycles. The third-order valence-electron chi connectivity index (χ3n) is 4.41. The summed E-state index contributed by atoms with van der Waals surface area (Å²) in [6.45, 7) is 4.91. The summed E-state index contributed by atoms with van der Waals surface area (Å²) in [5.41, 5.74) is 1.85. The van der Waals surface area contributed by atoms with Crippen LogP contribution in [0.15, 0.2) is 18.3 Å². The van der Waals surface area contributed by atoms with Gasteiger partial charge in [0.2, 0.25) is 5.91 Å². The average molecular weight is 300 g/mol. The lowest BCUT2D eigenvalue weighted by atomic mass is 10.1. The number of carbonyl (C=O) groups is 1. The zero-order valence-corrected chi connectivity index (χ0v) is 13.4. The minimum atomic E-state index is 0.211. The number of fused-ring (bicyclic) bond motifs is 1. The maximum atomic E-state index is 12.1. The van der Waals surface area contributed by atoms with E-state index in [1.807, 2.05) is 12.1 Å². The number of imidazole rings is 1. The molecule has 0 bridgehead atoms. The lowest BCUT2D eigenvalue weighted by Crippen LogP contribution is -2.31. The summed E-state index contributed by atoms with van der Waals surface area (Å²) in [5, 5.41) is 3.07. The lowest BCUT2D eigenvalue weighted by Gasteiger charge is -2.13. The van der Waals surface area contributed by atoms with E-state index in [-0.39, 0.29) is 11.8 Å². The van der Waals surface area contributed by atoms with Gasteiger partial charge in [0.1, 0.15) is 11.3 Å². The molecule has 0 radical (unpaired) electrons. The highest BCUT2D eigenvalue weighted by atomic mass is 16.1. The number of nitrogens with zero attached hydrogens (tertiary/aromatic N) is 3. The highest BCUT2D eigenvalue weighted by molar-refractivity contribution is 5.78. The molecule has 1 amide bonds. The number of pyridine rings is 1. The Morgan fingerprint density at radius 1 is 1.41 bits per heavy atom. The van der Waals surface area contributed by atoms with Crippen molar-refractivity contribution in [1.29, 1.82) is 0 Å². The van der Waals surface area contributed by atoms with E-state index in [1.165, 1.54) is 12.8 Å². The van der Waals surface area contributed by atoms with E-state index in [4.69, 9.17) is 0 Å². The molecule has 2 aromatic rings. The van der Waals surface area contributed by atoms with Crippen molar-refractivity contribution in [3.05, 3.63) is 24.2 Å². The third kappa shape index (κ3) is 2.98. The Kier molecular flexibility index (Phi) is 4.41. The van der Waals surface area contributed by atoms with Crippen molar-refractivity contribution in [2.75, 3.05) is 6.54 Å². The molecule has 118 valence electrons. The normalized spacial score (nSPS) is 15.8. The van der Waals surface area contributed by atoms with Gasteiger partial charge in [-0.2, -0.15) is 0 Å². The van der Waals surface area contributed by atoms with Crippen LogP contribution in [0.1, 0.15) is 51.4 Å². The molecule has 3 rings (SSSR count). The summed E-state index contributed by atoms with van der Waals surface area (Å²) in [6.07, 6.45) is 7.00. The first kappa shape index (κ1) is 15.0. The van der Waals surface area contributed by atoms with Gasteiger partial charge in [-0.1, -0.05) is 12.8 Å². The molecule has 0 saturated heterocycles. The Morgan fingerprint density at radius 2 is 2.18 bits per heavy atom. The van der Waals surface area contributed by atoms with Gasteiger partial charge in [0, 0.05) is 31.1 Å². The maximum absolute atomic E-state index is 12.1. The van der Waals surface area contributed by atoms with Gasteiger partial charge in [-0.05, 0) is 38.8 Å². The van der Waals surface area contributed by atoms with E-state index in [0.29, 0.717) is 12.6 Å². The average Bonchev–Trinajstić information content (AvgIpc) is 3.14. The van der Waals surface area contributed by atoms with Gasteiger partial charge in [0.25, 0.3) is 0 Å². The molecule has 2 heterocycles. The Bertz CT molecular complexity index is 656. The fourth-order valence-electron chi connectivity index (χ4n) is 3.33. The van der Waals surface area contributed by atoms with Crippen LogP contribution in [0.5, 0.6) is 0 Å². The number of hydrogen-bond donors (Lipinski definition) is 1. The first-order valence-corrected chi connectivity index (χ1v) is 8.26. The second kappa shape index (κ2) is 6.46. The van der Waals surface area contributed by atoms with Crippen LogP contribution >= 0.6 is 0 Å². The van der Waals surface area contributed by atoms with Crippen molar-refractivity contribution >= 4 is 17.1 Å². The zero-order valence-electron chi connectivity index (χ0n) is 13.4. The summed E-state index contributed by atoms with van der Waals surface area (Å²) < 4.78 is 2.16. The van der Waals surface area contributed by atoms with E-state index in [0.717, 1.165) is 36.3 Å². The molecule has 5 heteroatoms. The van der Waals surface area contributed by atoms with Crippen molar-refractivity contribution in [1.82, 2.24) is 19.9 Å². The molecular formula is C17H24N4O. The van der Waals surface area contributed by atoms with Crippen molar-refractivity contribution < 1.29 is 4.79 Å². The van der Waals surface area contributed by atoms with Crippen molar-refractivity contribution in [2.45, 2.75) is 52.0 Å². The smallest absolute Gasteiger partial charge is 0.223 e. The summed E-state index contributed by atoms with van der Waals surface area (Å²) in [5.74, 6) is 1.43. The lowest BCUT2D eigenvalue weighted by molar-refractivity contribution is -0.124. The topological polar surface area (TPSA) is 59.8 Å². The molecule has 1 aliphatic carbocycles. The summed E-state index contributed by atoms with van der Waals surface area (Å²) in [7, 11) is 0. The second-order valence-electron chi connectivity index (χ2n) is 6.36. The van der Waals surface area contributed by atoms with Crippen LogP contribution in [0, 0.1) is 5.92 Å². The number of nitrogens with one attached hydrogen (secondary N) is 1. The minimum Gasteiger partial charge on any atom is -0.355 e. The van der Waals surface area contributed by atoms with Crippen LogP contribution in [0.4, 0.5) is 0 Å². The van der Waals surface area contributed by atoms with Crippen LogP contribution in [0.3, 0.4) is 0 Å². The standard InChI is InChI=1S/C17H24N4O/c1-12(2)21-15(20-14-8-5-10-18-16(14)21)9-11-19-17(22)13-6-3-4-7-13/h5,8,10,12-13H,3-4,6-7,9,11H2,1-2H3,(H,19,22). The SMILES string of the molecule is CC(C)n1c(CCNC(=O)C2CCCC2)nc2cccnc21. The molecule has 22 heavy (non-hydrogen) atoms. The molecule has 1 saturated carbocycles. The molecular weight excluding hydrogens is 276 g/mol. The second-order valence-corrected chi connectivity index (χ2v) is 6.36. The third-order valence-corrected chi connectivity index (χ3v) is 4.41. The van der Waals surface area contributed by atoms with Crippen molar-refractivity contribution in [3.63, 3.8) is 0 Å². The number of aromatic nitrogens is 3. The molecule has 1 N–H and O–H groups in total. The molecule has 5 nitrogen and oxygen atoms in total. The molecule has 2 aromatic heterocycles. The van der Waals surface area contributed by atoms with Crippen molar-refractivity contribution in [3.8, 4) is 0 Å². The number of carbonyl (C=O) groups excluding carboxylic acids is 1. The van der Waals surface area contributed by atoms with Gasteiger partial charge < -0.3 is 9.88 Å². The van der Waals surface area contributed by atoms with E-state index in [9.17, 15) is 4.79 Å². The van der Waals surface area contributed by atoms with Gasteiger partial charge in [-0.25, -0.2) is 9.97 Å². The molecule has 0 spiro atoms.